The largest absolute Gasteiger partial charge is 0.493 e. The number of carbonyl (C=O) groups excluding carboxylic acids is 2. The Balaban J connectivity index is 1.79. The second-order valence-electron chi connectivity index (χ2n) is 5.00. The van der Waals surface area contributed by atoms with E-state index in [1.165, 1.54) is 30.2 Å². The van der Waals surface area contributed by atoms with E-state index in [1.54, 1.807) is 18.2 Å². The topological polar surface area (TPSA) is 76.7 Å². The van der Waals surface area contributed by atoms with Gasteiger partial charge in [-0.25, -0.2) is 0 Å². The first kappa shape index (κ1) is 20.4. The zero-order valence-corrected chi connectivity index (χ0v) is 16.7. The number of thiophene rings is 1. The number of ether oxygens (including phenoxy) is 2. The highest BCUT2D eigenvalue weighted by Crippen LogP contribution is 2.28. The first-order valence-corrected chi connectivity index (χ1v) is 10.1. The van der Waals surface area contributed by atoms with Crippen LogP contribution in [0.4, 0.5) is 0 Å². The number of carbonyl (C=O) groups is 2. The molecule has 0 radical (unpaired) electrons. The van der Waals surface area contributed by atoms with Gasteiger partial charge in [0.25, 0.3) is 5.91 Å². The van der Waals surface area contributed by atoms with Gasteiger partial charge in [0.15, 0.2) is 11.5 Å². The normalized spacial score (nSPS) is 10.3. The van der Waals surface area contributed by atoms with Crippen molar-refractivity contribution in [2.24, 2.45) is 0 Å². The number of nitrogens with one attached hydrogen (secondary N) is 2. The molecule has 9 heteroatoms. The van der Waals surface area contributed by atoms with Gasteiger partial charge in [-0.3, -0.25) is 20.4 Å². The van der Waals surface area contributed by atoms with Gasteiger partial charge in [-0.2, -0.15) is 0 Å². The number of methoxy groups -OCH3 is 1. The fraction of sp³-hybridized carbons (Fsp3) is 0.294. The van der Waals surface area contributed by atoms with E-state index < -0.39 is 5.91 Å². The summed E-state index contributed by atoms with van der Waals surface area (Å²) in [5.41, 5.74) is 5.14. The minimum Gasteiger partial charge on any atom is -0.493 e. The van der Waals surface area contributed by atoms with Gasteiger partial charge in [-0.15, -0.1) is 23.1 Å². The minimum absolute atomic E-state index is 0.225. The average molecular weight is 415 g/mol. The van der Waals surface area contributed by atoms with Crippen LogP contribution in [-0.2, 0) is 10.5 Å². The Kier molecular flexibility index (Phi) is 8.08. The molecule has 0 aliphatic carbocycles. The Bertz CT molecular complexity index is 767. The lowest BCUT2D eigenvalue weighted by atomic mass is 10.2. The summed E-state index contributed by atoms with van der Waals surface area (Å²) in [7, 11) is 1.50. The second-order valence-corrected chi connectivity index (χ2v) is 7.78. The van der Waals surface area contributed by atoms with E-state index in [1.807, 2.05) is 19.1 Å². The maximum atomic E-state index is 12.1. The summed E-state index contributed by atoms with van der Waals surface area (Å²) >= 11 is 8.78. The molecule has 1 aromatic carbocycles. The Morgan fingerprint density at radius 1 is 1.19 bits per heavy atom. The van der Waals surface area contributed by atoms with Gasteiger partial charge < -0.3 is 9.47 Å². The van der Waals surface area contributed by atoms with Gasteiger partial charge in [0.2, 0.25) is 5.91 Å². The smallest absolute Gasteiger partial charge is 0.269 e. The van der Waals surface area contributed by atoms with Crippen LogP contribution in [0.1, 0.15) is 22.2 Å². The molecule has 2 rings (SSSR count). The maximum absolute atomic E-state index is 12.1. The number of hydrogen-bond donors (Lipinski definition) is 2. The molecule has 0 aliphatic rings. The van der Waals surface area contributed by atoms with E-state index in [0.29, 0.717) is 29.4 Å². The van der Waals surface area contributed by atoms with E-state index in [4.69, 9.17) is 21.1 Å². The molecule has 2 amide bonds. The van der Waals surface area contributed by atoms with Crippen molar-refractivity contribution in [1.82, 2.24) is 10.9 Å². The first-order valence-electron chi connectivity index (χ1n) is 7.75. The number of halogens is 1. The molecular weight excluding hydrogens is 396 g/mol. The minimum atomic E-state index is -0.435. The van der Waals surface area contributed by atoms with Crippen molar-refractivity contribution in [3.05, 3.63) is 45.1 Å². The molecule has 0 bridgehead atoms. The fourth-order valence-electron chi connectivity index (χ4n) is 1.99. The molecule has 2 N–H and O–H groups in total. The van der Waals surface area contributed by atoms with Crippen molar-refractivity contribution < 1.29 is 19.1 Å². The third-order valence-corrected chi connectivity index (χ3v) is 5.54. The molecule has 0 fully saturated rings. The molecule has 0 atom stereocenters. The third kappa shape index (κ3) is 6.12. The average Bonchev–Trinajstić information content (AvgIpc) is 3.05. The predicted octanol–water partition coefficient (Wildman–Crippen LogP) is 3.50. The zero-order chi connectivity index (χ0) is 18.9. The third-order valence-electron chi connectivity index (χ3n) is 3.15. The summed E-state index contributed by atoms with van der Waals surface area (Å²) < 4.78 is 11.3. The van der Waals surface area contributed by atoms with E-state index in [9.17, 15) is 9.59 Å². The van der Waals surface area contributed by atoms with Crippen LogP contribution in [-0.4, -0.2) is 31.3 Å². The van der Waals surface area contributed by atoms with Gasteiger partial charge in [-0.1, -0.05) is 11.6 Å². The molecule has 0 aliphatic heterocycles. The highest BCUT2D eigenvalue weighted by molar-refractivity contribution is 7.99. The van der Waals surface area contributed by atoms with Crippen molar-refractivity contribution in [3.63, 3.8) is 0 Å². The molecule has 1 aromatic heterocycles. The van der Waals surface area contributed by atoms with Crippen molar-refractivity contribution in [2.75, 3.05) is 19.5 Å². The lowest BCUT2D eigenvalue weighted by Crippen LogP contribution is -2.42. The van der Waals surface area contributed by atoms with Gasteiger partial charge in [0.05, 0.1) is 23.8 Å². The van der Waals surface area contributed by atoms with Crippen LogP contribution in [0, 0.1) is 0 Å². The Labute approximate surface area is 165 Å². The van der Waals surface area contributed by atoms with Crippen LogP contribution in [0.2, 0.25) is 4.34 Å². The van der Waals surface area contributed by atoms with Gasteiger partial charge >= 0.3 is 0 Å². The van der Waals surface area contributed by atoms with Crippen LogP contribution in [0.25, 0.3) is 0 Å². The van der Waals surface area contributed by atoms with E-state index >= 15 is 0 Å². The highest BCUT2D eigenvalue weighted by Gasteiger charge is 2.12. The Hall–Kier alpha value is -1.90. The molecule has 0 saturated carbocycles. The standard InChI is InChI=1S/C17H19ClN2O4S2/c1-3-24-13-6-4-11(8-14(13)23-2)17(22)20-19-16(21)10-25-9-12-5-7-15(18)26-12/h4-8H,3,9-10H2,1-2H3,(H,19,21)(H,20,22). The molecular formula is C17H19ClN2O4S2. The SMILES string of the molecule is CCOc1ccc(C(=O)NNC(=O)CSCc2ccc(Cl)s2)cc1OC. The Morgan fingerprint density at radius 3 is 2.65 bits per heavy atom. The summed E-state index contributed by atoms with van der Waals surface area (Å²) in [5.74, 6) is 1.20. The van der Waals surface area contributed by atoms with Gasteiger partial charge in [0.1, 0.15) is 0 Å². The molecule has 0 unspecified atom stereocenters. The van der Waals surface area contributed by atoms with Crippen LogP contribution >= 0.6 is 34.7 Å². The fourth-order valence-corrected chi connectivity index (χ4v) is 4.02. The van der Waals surface area contributed by atoms with Crippen molar-refractivity contribution >= 4 is 46.5 Å². The summed E-state index contributed by atoms with van der Waals surface area (Å²) in [4.78, 5) is 25.1. The van der Waals surface area contributed by atoms with Gasteiger partial charge in [-0.05, 0) is 37.3 Å². The number of amides is 2. The van der Waals surface area contributed by atoms with Crippen molar-refractivity contribution in [2.45, 2.75) is 12.7 Å². The first-order chi connectivity index (χ1) is 12.5. The molecule has 2 aromatic rings. The highest BCUT2D eigenvalue weighted by atomic mass is 35.5. The van der Waals surface area contributed by atoms with Crippen LogP contribution in [0.5, 0.6) is 11.5 Å². The van der Waals surface area contributed by atoms with Crippen LogP contribution < -0.4 is 20.3 Å². The number of hydrazine groups is 1. The molecule has 0 spiro atoms. The molecule has 26 heavy (non-hydrogen) atoms. The second kappa shape index (κ2) is 10.3. The monoisotopic (exact) mass is 414 g/mol. The van der Waals surface area contributed by atoms with Gasteiger partial charge in [0, 0.05) is 16.2 Å². The lowest BCUT2D eigenvalue weighted by molar-refractivity contribution is -0.119. The predicted molar refractivity (Wildman–Crippen MR) is 105 cm³/mol. The molecule has 6 nitrogen and oxygen atoms in total. The van der Waals surface area contributed by atoms with E-state index in [0.717, 1.165) is 9.21 Å². The number of rotatable bonds is 8. The van der Waals surface area contributed by atoms with Crippen molar-refractivity contribution in [1.29, 1.82) is 0 Å². The summed E-state index contributed by atoms with van der Waals surface area (Å²) in [6, 6.07) is 8.57. The number of thioether (sulfide) groups is 1. The summed E-state index contributed by atoms with van der Waals surface area (Å²) in [6.07, 6.45) is 0. The van der Waals surface area contributed by atoms with E-state index in [2.05, 4.69) is 10.9 Å². The maximum Gasteiger partial charge on any atom is 0.269 e. The number of benzene rings is 1. The summed E-state index contributed by atoms with van der Waals surface area (Å²) in [6.45, 7) is 2.36. The molecule has 140 valence electrons. The molecule has 1 heterocycles. The quantitative estimate of drug-likeness (QED) is 0.646. The van der Waals surface area contributed by atoms with Crippen LogP contribution in [0.3, 0.4) is 0 Å². The number of hydrogen-bond acceptors (Lipinski definition) is 6. The van der Waals surface area contributed by atoms with Crippen molar-refractivity contribution in [3.8, 4) is 11.5 Å². The molecule has 0 saturated heterocycles. The van der Waals surface area contributed by atoms with Crippen LogP contribution in [0.15, 0.2) is 30.3 Å². The lowest BCUT2D eigenvalue weighted by Gasteiger charge is -2.11. The van der Waals surface area contributed by atoms with E-state index in [-0.39, 0.29) is 11.7 Å². The summed E-state index contributed by atoms with van der Waals surface area (Å²) in [5, 5.41) is 0. The Morgan fingerprint density at radius 2 is 2.00 bits per heavy atom. The zero-order valence-electron chi connectivity index (χ0n) is 14.3.